The molecule has 0 bridgehead atoms. The molecule has 4 rings (SSSR count). The molecule has 24 heavy (non-hydrogen) atoms. The van der Waals surface area contributed by atoms with Gasteiger partial charge in [0, 0.05) is 31.4 Å². The Morgan fingerprint density at radius 2 is 2.04 bits per heavy atom. The summed E-state index contributed by atoms with van der Waals surface area (Å²) in [6, 6.07) is 11.0. The van der Waals surface area contributed by atoms with E-state index in [0.717, 1.165) is 12.8 Å². The van der Waals surface area contributed by atoms with Crippen LogP contribution in [0.2, 0.25) is 0 Å². The van der Waals surface area contributed by atoms with Gasteiger partial charge < -0.3 is 14.4 Å². The first-order valence-corrected chi connectivity index (χ1v) is 8.16. The average molecular weight is 325 g/mol. The SMILES string of the molecule is O=C(c1ccccn1)N1CC[C@]2(C[C@@H](Oc3ccccn3)CO2)C1. The van der Waals surface area contributed by atoms with Crippen molar-refractivity contribution < 1.29 is 14.3 Å². The van der Waals surface area contributed by atoms with Crippen molar-refractivity contribution in [2.24, 2.45) is 0 Å². The zero-order valence-corrected chi connectivity index (χ0v) is 13.3. The first-order valence-electron chi connectivity index (χ1n) is 8.16. The minimum atomic E-state index is -0.302. The summed E-state index contributed by atoms with van der Waals surface area (Å²) in [6.07, 6.45) is 4.93. The molecular weight excluding hydrogens is 306 g/mol. The van der Waals surface area contributed by atoms with Gasteiger partial charge in [0.15, 0.2) is 0 Å². The molecule has 2 fully saturated rings. The van der Waals surface area contributed by atoms with E-state index in [2.05, 4.69) is 9.97 Å². The summed E-state index contributed by atoms with van der Waals surface area (Å²) in [5, 5.41) is 0. The molecule has 124 valence electrons. The lowest BCUT2D eigenvalue weighted by molar-refractivity contribution is 0.00979. The number of pyridine rings is 2. The van der Waals surface area contributed by atoms with Gasteiger partial charge in [0.25, 0.3) is 5.91 Å². The number of hydrogen-bond acceptors (Lipinski definition) is 5. The van der Waals surface area contributed by atoms with E-state index in [4.69, 9.17) is 9.47 Å². The van der Waals surface area contributed by atoms with Gasteiger partial charge in [-0.3, -0.25) is 9.78 Å². The Morgan fingerprint density at radius 3 is 2.79 bits per heavy atom. The lowest BCUT2D eigenvalue weighted by atomic mass is 9.98. The second-order valence-electron chi connectivity index (χ2n) is 6.30. The molecule has 0 aliphatic carbocycles. The van der Waals surface area contributed by atoms with Crippen LogP contribution in [0.15, 0.2) is 48.8 Å². The summed E-state index contributed by atoms with van der Waals surface area (Å²) < 4.78 is 11.9. The molecule has 1 spiro atoms. The maximum atomic E-state index is 12.5. The van der Waals surface area contributed by atoms with Crippen LogP contribution in [0.5, 0.6) is 5.88 Å². The van der Waals surface area contributed by atoms with Gasteiger partial charge in [-0.1, -0.05) is 12.1 Å². The molecule has 2 aliphatic heterocycles. The van der Waals surface area contributed by atoms with Crippen molar-refractivity contribution >= 4 is 5.91 Å². The van der Waals surface area contributed by atoms with Crippen molar-refractivity contribution in [3.8, 4) is 5.88 Å². The van der Waals surface area contributed by atoms with E-state index >= 15 is 0 Å². The Labute approximate surface area is 140 Å². The van der Waals surface area contributed by atoms with Crippen molar-refractivity contribution in [1.29, 1.82) is 0 Å². The Bertz CT molecular complexity index is 710. The van der Waals surface area contributed by atoms with Gasteiger partial charge >= 0.3 is 0 Å². The van der Waals surface area contributed by atoms with Gasteiger partial charge in [-0.2, -0.15) is 0 Å². The number of amides is 1. The second-order valence-corrected chi connectivity index (χ2v) is 6.30. The zero-order valence-electron chi connectivity index (χ0n) is 13.3. The van der Waals surface area contributed by atoms with Crippen molar-refractivity contribution in [3.63, 3.8) is 0 Å². The fraction of sp³-hybridized carbons (Fsp3) is 0.389. The van der Waals surface area contributed by atoms with E-state index in [1.165, 1.54) is 0 Å². The molecule has 2 aromatic heterocycles. The van der Waals surface area contributed by atoms with Crippen LogP contribution >= 0.6 is 0 Å². The van der Waals surface area contributed by atoms with Crippen LogP contribution in [-0.4, -0.2) is 52.2 Å². The number of aromatic nitrogens is 2. The Hall–Kier alpha value is -2.47. The van der Waals surface area contributed by atoms with Crippen molar-refractivity contribution in [1.82, 2.24) is 14.9 Å². The number of ether oxygens (including phenoxy) is 2. The highest BCUT2D eigenvalue weighted by molar-refractivity contribution is 5.92. The van der Waals surface area contributed by atoms with E-state index in [9.17, 15) is 4.79 Å². The molecule has 2 atom stereocenters. The molecule has 2 aromatic rings. The summed E-state index contributed by atoms with van der Waals surface area (Å²) in [5.41, 5.74) is 0.179. The van der Waals surface area contributed by atoms with Gasteiger partial charge in [0.2, 0.25) is 5.88 Å². The third kappa shape index (κ3) is 2.97. The summed E-state index contributed by atoms with van der Waals surface area (Å²) >= 11 is 0. The fourth-order valence-electron chi connectivity index (χ4n) is 3.42. The summed E-state index contributed by atoms with van der Waals surface area (Å²) in [5.74, 6) is 0.577. The molecule has 4 heterocycles. The zero-order chi connectivity index (χ0) is 16.4. The maximum absolute atomic E-state index is 12.5. The third-order valence-corrected chi connectivity index (χ3v) is 4.59. The number of carbonyl (C=O) groups excluding carboxylic acids is 1. The Balaban J connectivity index is 1.39. The Kier molecular flexibility index (Phi) is 3.90. The molecule has 2 saturated heterocycles. The molecule has 0 saturated carbocycles. The first-order chi connectivity index (χ1) is 11.7. The molecule has 0 N–H and O–H groups in total. The molecular formula is C18H19N3O3. The van der Waals surface area contributed by atoms with E-state index in [1.54, 1.807) is 18.5 Å². The molecule has 0 radical (unpaired) electrons. The first kappa shape index (κ1) is 15.1. The number of nitrogens with zero attached hydrogens (tertiary/aromatic N) is 3. The monoisotopic (exact) mass is 325 g/mol. The van der Waals surface area contributed by atoms with Crippen LogP contribution < -0.4 is 4.74 Å². The fourth-order valence-corrected chi connectivity index (χ4v) is 3.42. The number of hydrogen-bond donors (Lipinski definition) is 0. The number of rotatable bonds is 3. The van der Waals surface area contributed by atoms with Crippen LogP contribution in [0.25, 0.3) is 0 Å². The van der Waals surface area contributed by atoms with Crippen molar-refractivity contribution in [2.45, 2.75) is 24.5 Å². The van der Waals surface area contributed by atoms with E-state index in [-0.39, 0.29) is 17.6 Å². The van der Waals surface area contributed by atoms with Crippen molar-refractivity contribution in [3.05, 3.63) is 54.5 Å². The third-order valence-electron chi connectivity index (χ3n) is 4.59. The number of carbonyl (C=O) groups is 1. The normalized spacial score (nSPS) is 26.0. The predicted octanol–water partition coefficient (Wildman–Crippen LogP) is 1.93. The standard InChI is InChI=1S/C18H19N3O3/c22-17(15-5-1-3-8-19-15)21-10-7-18(13-21)11-14(12-23-18)24-16-6-2-4-9-20-16/h1-6,8-9,14H,7,10-13H2/t14-,18+/m1/s1. The molecule has 1 amide bonds. The number of likely N-dealkylation sites (tertiary alicyclic amines) is 1. The van der Waals surface area contributed by atoms with Crippen LogP contribution in [0, 0.1) is 0 Å². The predicted molar refractivity (Wildman–Crippen MR) is 86.7 cm³/mol. The van der Waals surface area contributed by atoms with E-state index in [1.807, 2.05) is 35.2 Å². The van der Waals surface area contributed by atoms with Gasteiger partial charge in [0.1, 0.15) is 11.8 Å². The highest BCUT2D eigenvalue weighted by Crippen LogP contribution is 2.36. The minimum Gasteiger partial charge on any atom is -0.472 e. The van der Waals surface area contributed by atoms with E-state index < -0.39 is 0 Å². The van der Waals surface area contributed by atoms with Crippen molar-refractivity contribution in [2.75, 3.05) is 19.7 Å². The lowest BCUT2D eigenvalue weighted by Crippen LogP contribution is -2.36. The van der Waals surface area contributed by atoms with Crippen LogP contribution in [0.1, 0.15) is 23.3 Å². The molecule has 0 unspecified atom stereocenters. The maximum Gasteiger partial charge on any atom is 0.272 e. The molecule has 6 nitrogen and oxygen atoms in total. The molecule has 6 heteroatoms. The highest BCUT2D eigenvalue weighted by atomic mass is 16.6. The van der Waals surface area contributed by atoms with Crippen LogP contribution in [0.3, 0.4) is 0 Å². The van der Waals surface area contributed by atoms with Gasteiger partial charge in [0.05, 0.1) is 18.8 Å². The van der Waals surface area contributed by atoms with Gasteiger partial charge in [-0.25, -0.2) is 4.98 Å². The van der Waals surface area contributed by atoms with Gasteiger partial charge in [-0.15, -0.1) is 0 Å². The lowest BCUT2D eigenvalue weighted by Gasteiger charge is -2.23. The highest BCUT2D eigenvalue weighted by Gasteiger charge is 2.47. The topological polar surface area (TPSA) is 64.6 Å². The molecule has 0 aromatic carbocycles. The average Bonchev–Trinajstić information content (AvgIpc) is 3.23. The second kappa shape index (κ2) is 6.20. The smallest absolute Gasteiger partial charge is 0.272 e. The summed E-state index contributed by atoms with van der Waals surface area (Å²) in [6.45, 7) is 1.80. The quantitative estimate of drug-likeness (QED) is 0.863. The van der Waals surface area contributed by atoms with Gasteiger partial charge in [-0.05, 0) is 24.6 Å². The van der Waals surface area contributed by atoms with Crippen LogP contribution in [-0.2, 0) is 4.74 Å². The Morgan fingerprint density at radius 1 is 1.21 bits per heavy atom. The molecule has 2 aliphatic rings. The van der Waals surface area contributed by atoms with E-state index in [0.29, 0.717) is 31.3 Å². The summed E-state index contributed by atoms with van der Waals surface area (Å²) in [7, 11) is 0. The summed E-state index contributed by atoms with van der Waals surface area (Å²) in [4.78, 5) is 22.7. The largest absolute Gasteiger partial charge is 0.472 e. The van der Waals surface area contributed by atoms with Crippen LogP contribution in [0.4, 0.5) is 0 Å². The minimum absolute atomic E-state index is 0.0233.